The molecule has 1 heterocycles. The Morgan fingerprint density at radius 2 is 1.71 bits per heavy atom. The Labute approximate surface area is 238 Å². The number of rotatable bonds is 6. The van der Waals surface area contributed by atoms with Crippen molar-refractivity contribution in [3.8, 4) is 5.75 Å². The van der Waals surface area contributed by atoms with E-state index in [-0.39, 0.29) is 5.76 Å². The van der Waals surface area contributed by atoms with Crippen LogP contribution in [0.15, 0.2) is 75.9 Å². The highest BCUT2D eigenvalue weighted by Crippen LogP contribution is 2.35. The molecule has 0 unspecified atom stereocenters. The van der Waals surface area contributed by atoms with E-state index >= 15 is 0 Å². The average Bonchev–Trinajstić information content (AvgIpc) is 3.20. The molecule has 1 aromatic heterocycles. The minimum atomic E-state index is -0.463. The van der Waals surface area contributed by atoms with Gasteiger partial charge in [-0.05, 0) is 101 Å². The molecular formula is C23H12Br4Cl2N2O3. The third kappa shape index (κ3) is 6.06. The van der Waals surface area contributed by atoms with E-state index in [4.69, 9.17) is 32.4 Å². The third-order valence-electron chi connectivity index (χ3n) is 4.53. The number of carbonyl (C=O) groups is 1. The number of fused-ring (bicyclic) bond motifs is 1. The number of carbonyl (C=O) groups excluding carboxylic acids is 1. The lowest BCUT2D eigenvalue weighted by atomic mass is 10.2. The molecule has 0 bridgehead atoms. The molecule has 0 fully saturated rings. The molecule has 1 amide bonds. The van der Waals surface area contributed by atoms with Crippen LogP contribution in [0.4, 0.5) is 0 Å². The van der Waals surface area contributed by atoms with Crippen molar-refractivity contribution in [1.82, 2.24) is 5.43 Å². The van der Waals surface area contributed by atoms with E-state index in [2.05, 4.69) is 74.2 Å². The lowest BCUT2D eigenvalue weighted by Gasteiger charge is -2.12. The molecule has 11 heteroatoms. The Morgan fingerprint density at radius 3 is 2.41 bits per heavy atom. The number of hydrogen-bond donors (Lipinski definition) is 1. The molecule has 0 saturated carbocycles. The maximum atomic E-state index is 12.5. The average molecular weight is 755 g/mol. The van der Waals surface area contributed by atoms with Gasteiger partial charge in [0.2, 0.25) is 0 Å². The van der Waals surface area contributed by atoms with E-state index in [0.717, 1.165) is 25.5 Å². The highest BCUT2D eigenvalue weighted by atomic mass is 79.9. The molecule has 0 saturated heterocycles. The van der Waals surface area contributed by atoms with Crippen LogP contribution < -0.4 is 10.2 Å². The van der Waals surface area contributed by atoms with E-state index in [1.165, 1.54) is 6.21 Å². The zero-order valence-corrected chi connectivity index (χ0v) is 24.7. The van der Waals surface area contributed by atoms with Gasteiger partial charge in [-0.25, -0.2) is 5.43 Å². The van der Waals surface area contributed by atoms with Gasteiger partial charge in [-0.15, -0.1) is 0 Å². The summed E-state index contributed by atoms with van der Waals surface area (Å²) in [6, 6.07) is 14.3. The van der Waals surface area contributed by atoms with Gasteiger partial charge in [-0.3, -0.25) is 4.79 Å². The van der Waals surface area contributed by atoms with E-state index in [1.807, 2.05) is 30.3 Å². The van der Waals surface area contributed by atoms with Gasteiger partial charge in [-0.1, -0.05) is 45.2 Å². The van der Waals surface area contributed by atoms with Crippen LogP contribution in [0.5, 0.6) is 5.75 Å². The molecule has 34 heavy (non-hydrogen) atoms. The van der Waals surface area contributed by atoms with Gasteiger partial charge < -0.3 is 9.15 Å². The number of hydrazone groups is 1. The van der Waals surface area contributed by atoms with Crippen LogP contribution >= 0.6 is 86.9 Å². The van der Waals surface area contributed by atoms with E-state index < -0.39 is 5.91 Å². The summed E-state index contributed by atoms with van der Waals surface area (Å²) in [6.45, 7) is 0.307. The van der Waals surface area contributed by atoms with Gasteiger partial charge >= 0.3 is 5.91 Å². The van der Waals surface area contributed by atoms with Gasteiger partial charge in [0.1, 0.15) is 17.9 Å². The summed E-state index contributed by atoms with van der Waals surface area (Å²) in [5.41, 5.74) is 4.68. The minimum Gasteiger partial charge on any atom is -0.487 e. The van der Waals surface area contributed by atoms with Crippen molar-refractivity contribution in [3.63, 3.8) is 0 Å². The first kappa shape index (κ1) is 25.7. The largest absolute Gasteiger partial charge is 0.487 e. The first-order chi connectivity index (χ1) is 16.2. The fourth-order valence-corrected chi connectivity index (χ4v) is 6.10. The number of nitrogens with one attached hydrogen (secondary N) is 1. The van der Waals surface area contributed by atoms with Crippen LogP contribution in [0, 0.1) is 0 Å². The van der Waals surface area contributed by atoms with Crippen LogP contribution in [0.1, 0.15) is 21.7 Å². The smallest absolute Gasteiger partial charge is 0.307 e. The normalized spacial score (nSPS) is 11.4. The number of nitrogens with zero attached hydrogens (tertiary/aromatic N) is 1. The Bertz CT molecular complexity index is 1420. The predicted molar refractivity (Wildman–Crippen MR) is 149 cm³/mol. The standard InChI is InChI=1S/C23H12Br4Cl2N2O3/c24-14-6-13-7-20(34-21(13)17(27)8-14)23(32)31-30-9-12-3-15(25)22(16(26)4-12)33-10-11-1-2-18(28)19(29)5-11/h1-9H,10H2,(H,31,32)/b30-9-. The van der Waals surface area contributed by atoms with E-state index in [9.17, 15) is 4.79 Å². The van der Waals surface area contributed by atoms with Crippen molar-refractivity contribution in [1.29, 1.82) is 0 Å². The Morgan fingerprint density at radius 1 is 0.971 bits per heavy atom. The summed E-state index contributed by atoms with van der Waals surface area (Å²) in [7, 11) is 0. The van der Waals surface area contributed by atoms with Crippen LogP contribution in [0.2, 0.25) is 10.0 Å². The van der Waals surface area contributed by atoms with Crippen LogP contribution in [0.3, 0.4) is 0 Å². The number of halogens is 6. The second kappa shape index (κ2) is 11.1. The van der Waals surface area contributed by atoms with Gasteiger partial charge in [-0.2, -0.15) is 5.10 Å². The second-order valence-electron chi connectivity index (χ2n) is 6.97. The molecule has 0 spiro atoms. The molecule has 0 radical (unpaired) electrons. The first-order valence-corrected chi connectivity index (χ1v) is 13.4. The third-order valence-corrected chi connectivity index (χ3v) is 7.49. The molecule has 5 nitrogen and oxygen atoms in total. The highest BCUT2D eigenvalue weighted by Gasteiger charge is 2.14. The lowest BCUT2D eigenvalue weighted by Crippen LogP contribution is -2.16. The molecule has 174 valence electrons. The fraction of sp³-hybridized carbons (Fsp3) is 0.0435. The van der Waals surface area contributed by atoms with E-state index in [0.29, 0.717) is 36.9 Å². The zero-order chi connectivity index (χ0) is 24.4. The highest BCUT2D eigenvalue weighted by molar-refractivity contribution is 9.11. The molecule has 0 atom stereocenters. The quantitative estimate of drug-likeness (QED) is 0.158. The molecule has 4 aromatic rings. The van der Waals surface area contributed by atoms with Gasteiger partial charge in [0.15, 0.2) is 5.76 Å². The number of hydrogen-bond acceptors (Lipinski definition) is 4. The number of ether oxygens (including phenoxy) is 1. The van der Waals surface area contributed by atoms with Crippen molar-refractivity contribution in [3.05, 3.63) is 93.4 Å². The summed E-state index contributed by atoms with van der Waals surface area (Å²) in [5, 5.41) is 5.79. The summed E-state index contributed by atoms with van der Waals surface area (Å²) < 4.78 is 14.6. The molecular weight excluding hydrogens is 743 g/mol. The number of benzene rings is 3. The maximum absolute atomic E-state index is 12.5. The fourth-order valence-electron chi connectivity index (χ4n) is 2.99. The molecule has 3 aromatic carbocycles. The SMILES string of the molecule is O=C(N/N=C\c1cc(Br)c(OCc2ccc(Cl)c(Cl)c2)c(Br)c1)c1cc2cc(Br)cc(Br)c2o1. The molecule has 0 aliphatic carbocycles. The first-order valence-electron chi connectivity index (χ1n) is 9.49. The Kier molecular flexibility index (Phi) is 8.43. The van der Waals surface area contributed by atoms with Crippen molar-refractivity contribution < 1.29 is 13.9 Å². The number of amides is 1. The van der Waals surface area contributed by atoms with Crippen molar-refractivity contribution in [2.45, 2.75) is 6.61 Å². The molecule has 1 N–H and O–H groups in total. The van der Waals surface area contributed by atoms with Crippen molar-refractivity contribution in [2.24, 2.45) is 5.10 Å². The van der Waals surface area contributed by atoms with Crippen molar-refractivity contribution >= 4 is 110 Å². The maximum Gasteiger partial charge on any atom is 0.307 e. The summed E-state index contributed by atoms with van der Waals surface area (Å²) >= 11 is 25.9. The van der Waals surface area contributed by atoms with Gasteiger partial charge in [0.25, 0.3) is 0 Å². The zero-order valence-electron chi connectivity index (χ0n) is 16.8. The van der Waals surface area contributed by atoms with Gasteiger partial charge in [0, 0.05) is 9.86 Å². The van der Waals surface area contributed by atoms with Crippen LogP contribution in [0.25, 0.3) is 11.0 Å². The summed E-state index contributed by atoms with van der Waals surface area (Å²) in [6.07, 6.45) is 1.52. The Balaban J connectivity index is 1.42. The minimum absolute atomic E-state index is 0.152. The molecule has 0 aliphatic heterocycles. The Hall–Kier alpha value is -1.36. The molecule has 4 rings (SSSR count). The summed E-state index contributed by atoms with van der Waals surface area (Å²) in [5.74, 6) is 0.306. The topological polar surface area (TPSA) is 63.8 Å². The lowest BCUT2D eigenvalue weighted by molar-refractivity contribution is 0.0929. The number of furan rings is 1. The van der Waals surface area contributed by atoms with Crippen molar-refractivity contribution in [2.75, 3.05) is 0 Å². The predicted octanol–water partition coefficient (Wildman–Crippen LogP) is 9.13. The van der Waals surface area contributed by atoms with Gasteiger partial charge in [0.05, 0.1) is 29.7 Å². The monoisotopic (exact) mass is 750 g/mol. The van der Waals surface area contributed by atoms with E-state index in [1.54, 1.807) is 18.2 Å². The summed E-state index contributed by atoms with van der Waals surface area (Å²) in [4.78, 5) is 12.5. The molecule has 0 aliphatic rings. The van der Waals surface area contributed by atoms with Crippen LogP contribution in [-0.2, 0) is 6.61 Å². The second-order valence-corrected chi connectivity index (χ2v) is 11.3. The van der Waals surface area contributed by atoms with Crippen LogP contribution in [-0.4, -0.2) is 12.1 Å².